The summed E-state index contributed by atoms with van der Waals surface area (Å²) < 4.78 is 10.3. The average Bonchev–Trinajstić information content (AvgIpc) is 2.47. The van der Waals surface area contributed by atoms with E-state index in [9.17, 15) is 5.11 Å². The van der Waals surface area contributed by atoms with Crippen molar-refractivity contribution in [2.75, 3.05) is 26.9 Å². The average molecular weight is 311 g/mol. The van der Waals surface area contributed by atoms with Crippen LogP contribution in [-0.2, 0) is 4.74 Å². The molecule has 0 fully saturated rings. The molecule has 0 unspecified atom stereocenters. The smallest absolute Gasteiger partial charge is 0.187 e. The van der Waals surface area contributed by atoms with Crippen LogP contribution in [0.4, 0.5) is 0 Å². The van der Waals surface area contributed by atoms with Gasteiger partial charge in [-0.2, -0.15) is 5.10 Å². The van der Waals surface area contributed by atoms with Crippen molar-refractivity contribution in [1.29, 1.82) is 0 Å². The summed E-state index contributed by atoms with van der Waals surface area (Å²) in [5.74, 6) is 0.739. The van der Waals surface area contributed by atoms with Gasteiger partial charge in [0.25, 0.3) is 0 Å². The first-order chi connectivity index (χ1) is 10.2. The minimum Gasteiger partial charge on any atom is -0.507 e. The number of phenolic OH excluding ortho intramolecular Hbond substituents is 1. The van der Waals surface area contributed by atoms with Crippen LogP contribution >= 0.6 is 12.2 Å². The standard InChI is InChI=1S/C14H21N3O3S/c1-3-7-20-12-5-4-11(13(18)9-12)10-16-17-14(21)15-6-8-19-2/h4-5,9-10,18H,3,6-8H2,1-2H3,(H2,15,17,21)/b16-10+. The molecule has 0 heterocycles. The summed E-state index contributed by atoms with van der Waals surface area (Å²) in [7, 11) is 1.62. The first kappa shape index (κ1) is 17.2. The van der Waals surface area contributed by atoms with E-state index in [2.05, 4.69) is 15.8 Å². The Balaban J connectivity index is 2.46. The monoisotopic (exact) mass is 311 g/mol. The molecule has 6 nitrogen and oxygen atoms in total. The third-order valence-corrected chi connectivity index (χ3v) is 2.67. The normalized spacial score (nSPS) is 10.6. The Labute approximate surface area is 130 Å². The zero-order valence-electron chi connectivity index (χ0n) is 12.3. The number of aromatic hydroxyl groups is 1. The van der Waals surface area contributed by atoms with Crippen LogP contribution in [0.5, 0.6) is 11.5 Å². The van der Waals surface area contributed by atoms with Gasteiger partial charge in [-0.05, 0) is 30.8 Å². The van der Waals surface area contributed by atoms with Gasteiger partial charge in [0.15, 0.2) is 5.11 Å². The molecule has 0 aliphatic carbocycles. The Kier molecular flexibility index (Phi) is 8.15. The lowest BCUT2D eigenvalue weighted by Crippen LogP contribution is -2.34. The molecule has 3 N–H and O–H groups in total. The lowest BCUT2D eigenvalue weighted by Gasteiger charge is -2.07. The number of hydrogen-bond donors (Lipinski definition) is 3. The van der Waals surface area contributed by atoms with Gasteiger partial charge < -0.3 is 19.9 Å². The second-order valence-corrected chi connectivity index (χ2v) is 4.60. The van der Waals surface area contributed by atoms with Gasteiger partial charge in [0.2, 0.25) is 0 Å². The first-order valence-electron chi connectivity index (χ1n) is 6.69. The number of ether oxygens (including phenoxy) is 2. The minimum atomic E-state index is 0.104. The van der Waals surface area contributed by atoms with Crippen molar-refractivity contribution in [3.05, 3.63) is 23.8 Å². The molecular weight excluding hydrogens is 290 g/mol. The molecule has 21 heavy (non-hydrogen) atoms. The van der Waals surface area contributed by atoms with Crippen molar-refractivity contribution in [1.82, 2.24) is 10.7 Å². The Bertz CT molecular complexity index is 481. The van der Waals surface area contributed by atoms with E-state index in [1.54, 1.807) is 25.3 Å². The molecule has 0 aliphatic rings. The number of rotatable bonds is 8. The highest BCUT2D eigenvalue weighted by molar-refractivity contribution is 7.80. The predicted molar refractivity (Wildman–Crippen MR) is 87.1 cm³/mol. The van der Waals surface area contributed by atoms with Crippen molar-refractivity contribution in [2.45, 2.75) is 13.3 Å². The molecule has 0 atom stereocenters. The van der Waals surface area contributed by atoms with E-state index in [1.165, 1.54) is 6.21 Å². The van der Waals surface area contributed by atoms with E-state index in [1.807, 2.05) is 6.92 Å². The van der Waals surface area contributed by atoms with Gasteiger partial charge >= 0.3 is 0 Å². The fourth-order valence-electron chi connectivity index (χ4n) is 1.41. The molecular formula is C14H21N3O3S. The molecule has 1 aromatic carbocycles. The molecule has 1 rings (SSSR count). The van der Waals surface area contributed by atoms with E-state index < -0.39 is 0 Å². The molecule has 0 saturated heterocycles. The summed E-state index contributed by atoms with van der Waals surface area (Å²) in [5.41, 5.74) is 3.23. The molecule has 0 saturated carbocycles. The van der Waals surface area contributed by atoms with Crippen molar-refractivity contribution in [2.24, 2.45) is 5.10 Å². The van der Waals surface area contributed by atoms with Crippen molar-refractivity contribution >= 4 is 23.5 Å². The summed E-state index contributed by atoms with van der Waals surface area (Å²) in [6, 6.07) is 5.07. The van der Waals surface area contributed by atoms with E-state index in [-0.39, 0.29) is 5.75 Å². The van der Waals surface area contributed by atoms with Crippen LogP contribution in [0.25, 0.3) is 0 Å². The van der Waals surface area contributed by atoms with Crippen LogP contribution < -0.4 is 15.5 Å². The number of benzene rings is 1. The number of nitrogens with one attached hydrogen (secondary N) is 2. The molecule has 0 aliphatic heterocycles. The molecule has 7 heteroatoms. The zero-order chi connectivity index (χ0) is 15.5. The van der Waals surface area contributed by atoms with Crippen LogP contribution in [0.2, 0.25) is 0 Å². The van der Waals surface area contributed by atoms with Gasteiger partial charge in [-0.3, -0.25) is 5.43 Å². The maximum absolute atomic E-state index is 9.87. The molecule has 1 aromatic rings. The third-order valence-electron chi connectivity index (χ3n) is 2.44. The molecule has 0 radical (unpaired) electrons. The summed E-state index contributed by atoms with van der Waals surface area (Å²) in [5, 5.41) is 17.1. The fourth-order valence-corrected chi connectivity index (χ4v) is 1.56. The van der Waals surface area contributed by atoms with E-state index in [0.717, 1.165) is 6.42 Å². The van der Waals surface area contributed by atoms with Crippen LogP contribution in [0.15, 0.2) is 23.3 Å². The SMILES string of the molecule is CCCOc1ccc(/C=N/NC(=S)NCCOC)c(O)c1. The summed E-state index contributed by atoms with van der Waals surface area (Å²) in [6.07, 6.45) is 2.41. The second-order valence-electron chi connectivity index (χ2n) is 4.19. The quantitative estimate of drug-likeness (QED) is 0.293. The number of hydrazone groups is 1. The van der Waals surface area contributed by atoms with Crippen molar-refractivity contribution < 1.29 is 14.6 Å². The maximum Gasteiger partial charge on any atom is 0.187 e. The Hall–Kier alpha value is -1.86. The van der Waals surface area contributed by atoms with Gasteiger partial charge in [-0.1, -0.05) is 6.92 Å². The van der Waals surface area contributed by atoms with Crippen molar-refractivity contribution in [3.63, 3.8) is 0 Å². The largest absolute Gasteiger partial charge is 0.507 e. The van der Waals surface area contributed by atoms with Crippen LogP contribution in [0, 0.1) is 0 Å². The number of nitrogens with zero attached hydrogens (tertiary/aromatic N) is 1. The van der Waals surface area contributed by atoms with Gasteiger partial charge in [-0.15, -0.1) is 0 Å². The van der Waals surface area contributed by atoms with Crippen LogP contribution in [0.1, 0.15) is 18.9 Å². The predicted octanol–water partition coefficient (Wildman–Crippen LogP) is 1.63. The maximum atomic E-state index is 9.87. The van der Waals surface area contributed by atoms with Crippen LogP contribution in [0.3, 0.4) is 0 Å². The first-order valence-corrected chi connectivity index (χ1v) is 7.09. The van der Waals surface area contributed by atoms with Crippen molar-refractivity contribution in [3.8, 4) is 11.5 Å². The second kappa shape index (κ2) is 9.95. The lowest BCUT2D eigenvalue weighted by molar-refractivity contribution is 0.204. The highest BCUT2D eigenvalue weighted by Crippen LogP contribution is 2.22. The number of hydrogen-bond acceptors (Lipinski definition) is 5. The summed E-state index contributed by atoms with van der Waals surface area (Å²) in [6.45, 7) is 3.81. The Morgan fingerprint density at radius 3 is 2.90 bits per heavy atom. The highest BCUT2D eigenvalue weighted by atomic mass is 32.1. The minimum absolute atomic E-state index is 0.104. The molecule has 0 spiro atoms. The molecule has 0 bridgehead atoms. The van der Waals surface area contributed by atoms with E-state index in [0.29, 0.717) is 36.2 Å². The Morgan fingerprint density at radius 1 is 1.43 bits per heavy atom. The zero-order valence-corrected chi connectivity index (χ0v) is 13.1. The number of methoxy groups -OCH3 is 1. The highest BCUT2D eigenvalue weighted by Gasteiger charge is 2.01. The number of phenols is 1. The van der Waals surface area contributed by atoms with Gasteiger partial charge in [0.05, 0.1) is 19.4 Å². The topological polar surface area (TPSA) is 75.1 Å². The molecule has 116 valence electrons. The third kappa shape index (κ3) is 6.92. The summed E-state index contributed by atoms with van der Waals surface area (Å²) in [4.78, 5) is 0. The van der Waals surface area contributed by atoms with E-state index >= 15 is 0 Å². The lowest BCUT2D eigenvalue weighted by atomic mass is 10.2. The summed E-state index contributed by atoms with van der Waals surface area (Å²) >= 11 is 5.01. The van der Waals surface area contributed by atoms with Gasteiger partial charge in [0, 0.05) is 25.3 Å². The molecule has 0 aromatic heterocycles. The van der Waals surface area contributed by atoms with E-state index in [4.69, 9.17) is 21.7 Å². The van der Waals surface area contributed by atoms with Gasteiger partial charge in [0.1, 0.15) is 11.5 Å². The molecule has 0 amide bonds. The van der Waals surface area contributed by atoms with Crippen LogP contribution in [-0.4, -0.2) is 43.3 Å². The fraction of sp³-hybridized carbons (Fsp3) is 0.429. The number of thiocarbonyl (C=S) groups is 1. The van der Waals surface area contributed by atoms with Gasteiger partial charge in [-0.25, -0.2) is 0 Å². The Morgan fingerprint density at radius 2 is 2.24 bits per heavy atom.